The highest BCUT2D eigenvalue weighted by atomic mass is 31.2. The second-order valence-corrected chi connectivity index (χ2v) is 15.2. The van der Waals surface area contributed by atoms with Gasteiger partial charge in [-0.2, -0.15) is 0 Å². The number of nitrogens with zero attached hydrogens (tertiary/aromatic N) is 3. The lowest BCUT2D eigenvalue weighted by Gasteiger charge is -2.26. The van der Waals surface area contributed by atoms with E-state index in [-0.39, 0.29) is 63.3 Å². The summed E-state index contributed by atoms with van der Waals surface area (Å²) in [5, 5.41) is 12.0. The standard InChI is InChI=1S/C39H73N4O10P/c1-5-8-10-13-19-28-42(38(47)25-31-43(29-20-14-11-9-6-2)37(46)23-17-16-21-32-44)30-24-36(45)41-26-18-12-15-22-33-51-54(49,52-34-27-40-4)53-35-50-39(48)7-3/h44H,5-35H2,1-3H3,(H,41,45). The van der Waals surface area contributed by atoms with Gasteiger partial charge in [-0.25, -0.2) is 15.7 Å². The number of nitrogens with one attached hydrogen (secondary N) is 1. The van der Waals surface area contributed by atoms with Crippen LogP contribution in [-0.4, -0.2) is 104 Å². The lowest BCUT2D eigenvalue weighted by Crippen LogP contribution is -2.39. The van der Waals surface area contributed by atoms with Crippen LogP contribution in [0.4, 0.5) is 0 Å². The zero-order chi connectivity index (χ0) is 40.1. The first-order valence-electron chi connectivity index (χ1n) is 20.6. The molecule has 1 unspecified atom stereocenters. The second-order valence-electron chi connectivity index (χ2n) is 13.5. The third-order valence-corrected chi connectivity index (χ3v) is 10.3. The smallest absolute Gasteiger partial charge is 0.438 e. The summed E-state index contributed by atoms with van der Waals surface area (Å²) in [6.07, 6.45) is 16.8. The molecule has 0 saturated heterocycles. The van der Waals surface area contributed by atoms with Crippen molar-refractivity contribution in [2.75, 3.05) is 65.9 Å². The van der Waals surface area contributed by atoms with Crippen LogP contribution >= 0.6 is 7.82 Å². The third-order valence-electron chi connectivity index (χ3n) is 8.84. The maximum absolute atomic E-state index is 13.5. The average Bonchev–Trinajstić information content (AvgIpc) is 3.16. The molecule has 0 heterocycles. The number of ether oxygens (including phenoxy) is 1. The molecule has 0 fully saturated rings. The number of carbonyl (C=O) groups is 4. The highest BCUT2D eigenvalue weighted by Gasteiger charge is 2.28. The fraction of sp³-hybridized carbons (Fsp3) is 0.872. The van der Waals surface area contributed by atoms with E-state index in [0.29, 0.717) is 52.0 Å². The number of phosphoric acid groups is 1. The fourth-order valence-electron chi connectivity index (χ4n) is 5.52. The number of rotatable bonds is 38. The predicted octanol–water partition coefficient (Wildman–Crippen LogP) is 7.58. The Bertz CT molecular complexity index is 1070. The van der Waals surface area contributed by atoms with Crippen LogP contribution in [0.1, 0.15) is 156 Å². The van der Waals surface area contributed by atoms with Crippen LogP contribution in [-0.2, 0) is 42.1 Å². The summed E-state index contributed by atoms with van der Waals surface area (Å²) in [4.78, 5) is 57.4. The van der Waals surface area contributed by atoms with Gasteiger partial charge in [-0.05, 0) is 38.5 Å². The Kier molecular flexibility index (Phi) is 34.4. The number of esters is 1. The Labute approximate surface area is 326 Å². The lowest BCUT2D eigenvalue weighted by molar-refractivity contribution is -0.150. The van der Waals surface area contributed by atoms with Crippen LogP contribution in [0, 0.1) is 6.57 Å². The van der Waals surface area contributed by atoms with Crippen molar-refractivity contribution in [3.05, 3.63) is 11.4 Å². The maximum Gasteiger partial charge on any atom is 0.477 e. The molecule has 3 amide bonds. The zero-order valence-corrected chi connectivity index (χ0v) is 34.7. The molecule has 0 radical (unpaired) electrons. The van der Waals surface area contributed by atoms with E-state index < -0.39 is 20.6 Å². The minimum atomic E-state index is -3.99. The summed E-state index contributed by atoms with van der Waals surface area (Å²) < 4.78 is 33.1. The number of aliphatic hydroxyl groups is 1. The maximum atomic E-state index is 13.5. The largest absolute Gasteiger partial charge is 0.477 e. The van der Waals surface area contributed by atoms with Gasteiger partial charge < -0.3 is 29.8 Å². The first-order chi connectivity index (χ1) is 26.2. The van der Waals surface area contributed by atoms with E-state index in [1.54, 1.807) is 11.8 Å². The molecule has 2 N–H and O–H groups in total. The molecule has 1 atom stereocenters. The molecule has 0 aliphatic carbocycles. The van der Waals surface area contributed by atoms with Crippen molar-refractivity contribution in [2.45, 2.75) is 156 Å². The monoisotopic (exact) mass is 789 g/mol. The third kappa shape index (κ3) is 29.8. The number of amides is 3. The minimum Gasteiger partial charge on any atom is -0.438 e. The van der Waals surface area contributed by atoms with Gasteiger partial charge in [0.1, 0.15) is 6.61 Å². The van der Waals surface area contributed by atoms with Crippen molar-refractivity contribution in [3.63, 3.8) is 0 Å². The van der Waals surface area contributed by atoms with Gasteiger partial charge in [0.05, 0.1) is 6.61 Å². The molecule has 0 bridgehead atoms. The van der Waals surface area contributed by atoms with Crippen molar-refractivity contribution in [1.29, 1.82) is 0 Å². The second kappa shape index (κ2) is 36.1. The van der Waals surface area contributed by atoms with Gasteiger partial charge in [0.25, 0.3) is 0 Å². The van der Waals surface area contributed by atoms with Gasteiger partial charge >= 0.3 is 13.8 Å². The Morgan fingerprint density at radius 1 is 0.648 bits per heavy atom. The Morgan fingerprint density at radius 2 is 1.20 bits per heavy atom. The van der Waals surface area contributed by atoms with Crippen LogP contribution < -0.4 is 5.32 Å². The lowest BCUT2D eigenvalue weighted by atomic mass is 10.1. The minimum absolute atomic E-state index is 0.0153. The van der Waals surface area contributed by atoms with Crippen LogP contribution in [0.5, 0.6) is 0 Å². The summed E-state index contributed by atoms with van der Waals surface area (Å²) >= 11 is 0. The first-order valence-corrected chi connectivity index (χ1v) is 22.1. The average molecular weight is 789 g/mol. The van der Waals surface area contributed by atoms with Crippen LogP contribution in [0.3, 0.4) is 0 Å². The molecule has 54 heavy (non-hydrogen) atoms. The van der Waals surface area contributed by atoms with Crippen molar-refractivity contribution in [3.8, 4) is 0 Å². The highest BCUT2D eigenvalue weighted by molar-refractivity contribution is 7.48. The Morgan fingerprint density at radius 3 is 1.81 bits per heavy atom. The van der Waals surface area contributed by atoms with Crippen LogP contribution in [0.15, 0.2) is 0 Å². The number of carbonyl (C=O) groups excluding carboxylic acids is 4. The molecule has 0 aliphatic rings. The van der Waals surface area contributed by atoms with Crippen LogP contribution in [0.25, 0.3) is 4.85 Å². The van der Waals surface area contributed by atoms with Crippen molar-refractivity contribution < 1.29 is 47.2 Å². The molecule has 0 rings (SSSR count). The summed E-state index contributed by atoms with van der Waals surface area (Å²) in [7, 11) is -3.99. The van der Waals surface area contributed by atoms with Gasteiger partial charge in [-0.15, -0.1) is 0 Å². The SMILES string of the molecule is [C-]#[N+]CCOP(=O)(OCCCCCCNC(=O)CCN(CCCCCCC)C(=O)CCN(CCCCCCC)C(=O)CCCCCO)OCOC(=O)CC. The number of aliphatic hydroxyl groups excluding tert-OH is 1. The normalized spacial score (nSPS) is 12.1. The van der Waals surface area contributed by atoms with E-state index in [1.165, 1.54) is 6.42 Å². The number of phosphoric ester groups is 1. The van der Waals surface area contributed by atoms with E-state index >= 15 is 0 Å². The van der Waals surface area contributed by atoms with Gasteiger partial charge in [0, 0.05) is 65.0 Å². The quantitative estimate of drug-likeness (QED) is 0.0209. The topological polar surface area (TPSA) is 165 Å². The van der Waals surface area contributed by atoms with E-state index in [9.17, 15) is 23.7 Å². The van der Waals surface area contributed by atoms with Gasteiger partial charge in [0.2, 0.25) is 31.1 Å². The molecular weight excluding hydrogens is 715 g/mol. The number of hydrogen-bond donors (Lipinski definition) is 2. The van der Waals surface area contributed by atoms with E-state index in [1.807, 2.05) is 4.90 Å². The molecule has 0 aromatic rings. The van der Waals surface area contributed by atoms with Crippen molar-refractivity contribution >= 4 is 31.5 Å². The zero-order valence-electron chi connectivity index (χ0n) is 33.8. The molecule has 314 valence electrons. The van der Waals surface area contributed by atoms with Crippen molar-refractivity contribution in [2.24, 2.45) is 0 Å². The molecule has 15 heteroatoms. The highest BCUT2D eigenvalue weighted by Crippen LogP contribution is 2.49. The predicted molar refractivity (Wildman–Crippen MR) is 210 cm³/mol. The summed E-state index contributed by atoms with van der Waals surface area (Å²) in [6.45, 7) is 14.7. The molecule has 0 saturated carbocycles. The molecule has 14 nitrogen and oxygen atoms in total. The summed E-state index contributed by atoms with van der Waals surface area (Å²) in [5.74, 6) is -0.599. The van der Waals surface area contributed by atoms with E-state index in [4.69, 9.17) is 30.0 Å². The van der Waals surface area contributed by atoms with Gasteiger partial charge in [-0.1, -0.05) is 91.4 Å². The van der Waals surface area contributed by atoms with E-state index in [2.05, 4.69) is 24.0 Å². The molecule has 0 aliphatic heterocycles. The fourth-order valence-corrected chi connectivity index (χ4v) is 6.59. The Hall–Kier alpha value is -2.56. The van der Waals surface area contributed by atoms with Crippen molar-refractivity contribution in [1.82, 2.24) is 15.1 Å². The van der Waals surface area contributed by atoms with E-state index in [0.717, 1.165) is 89.9 Å². The molecule has 0 aromatic carbocycles. The number of hydrogen-bond acceptors (Lipinski definition) is 10. The Balaban J connectivity index is 4.83. The van der Waals surface area contributed by atoms with Gasteiger partial charge in [0.15, 0.2) is 0 Å². The molecular formula is C39H73N4O10P. The van der Waals surface area contributed by atoms with Crippen LogP contribution in [0.2, 0.25) is 0 Å². The first kappa shape index (κ1) is 51.4. The summed E-state index contributed by atoms with van der Waals surface area (Å²) in [5.41, 5.74) is 0. The molecule has 0 spiro atoms. The number of unbranched alkanes of at least 4 members (excludes halogenated alkanes) is 13. The van der Waals surface area contributed by atoms with Gasteiger partial charge in [-0.3, -0.25) is 28.2 Å². The molecule has 0 aromatic heterocycles. The summed E-state index contributed by atoms with van der Waals surface area (Å²) in [6, 6.07) is 0.